The molecule has 1 aromatic carbocycles. The fourth-order valence-corrected chi connectivity index (χ4v) is 4.73. The van der Waals surface area contributed by atoms with Crippen LogP contribution in [0.25, 0.3) is 11.3 Å². The Balaban J connectivity index is 1.64. The van der Waals surface area contributed by atoms with Gasteiger partial charge in [0, 0.05) is 18.7 Å². The molecule has 0 amide bonds. The summed E-state index contributed by atoms with van der Waals surface area (Å²) < 4.78 is 28.4. The smallest absolute Gasteiger partial charge is 0.280 e. The van der Waals surface area contributed by atoms with E-state index < -0.39 is 15.6 Å². The van der Waals surface area contributed by atoms with Crippen LogP contribution in [0.5, 0.6) is 0 Å². The molecule has 0 unspecified atom stereocenters. The van der Waals surface area contributed by atoms with Crippen molar-refractivity contribution in [3.63, 3.8) is 0 Å². The Morgan fingerprint density at radius 1 is 1.16 bits per heavy atom. The second-order valence-electron chi connectivity index (χ2n) is 7.91. The lowest BCUT2D eigenvalue weighted by Crippen LogP contribution is -2.60. The van der Waals surface area contributed by atoms with E-state index in [2.05, 4.69) is 20.8 Å². The molecule has 32 heavy (non-hydrogen) atoms. The van der Waals surface area contributed by atoms with Gasteiger partial charge in [0.05, 0.1) is 28.0 Å². The van der Waals surface area contributed by atoms with Crippen LogP contribution in [-0.4, -0.2) is 42.2 Å². The molecule has 8 nitrogen and oxygen atoms in total. The number of benzene rings is 1. The molecular weight excluding hydrogens is 450 g/mol. The predicted molar refractivity (Wildman–Crippen MR) is 122 cm³/mol. The molecule has 164 valence electrons. The van der Waals surface area contributed by atoms with Crippen LogP contribution >= 0.6 is 11.6 Å². The molecule has 0 aliphatic carbocycles. The highest BCUT2D eigenvalue weighted by Crippen LogP contribution is 2.32. The number of aliphatic hydroxyl groups is 1. The van der Waals surface area contributed by atoms with Crippen molar-refractivity contribution in [3.05, 3.63) is 64.7 Å². The van der Waals surface area contributed by atoms with Crippen molar-refractivity contribution in [1.82, 2.24) is 9.97 Å². The molecule has 3 heterocycles. The number of halogens is 1. The minimum Gasteiger partial charge on any atom is -0.386 e. The average Bonchev–Trinajstić information content (AvgIpc) is 2.73. The molecule has 3 aromatic rings. The minimum absolute atomic E-state index is 0.0743. The summed E-state index contributed by atoms with van der Waals surface area (Å²) in [6.45, 7) is 4.25. The Morgan fingerprint density at radius 2 is 1.88 bits per heavy atom. The molecule has 0 radical (unpaired) electrons. The normalized spacial score (nSPS) is 15.0. The molecule has 0 bridgehead atoms. The Hall–Kier alpha value is -3.19. The number of anilines is 2. The molecule has 10 heteroatoms. The molecule has 0 saturated carbocycles. The third-order valence-electron chi connectivity index (χ3n) is 5.17. The maximum absolute atomic E-state index is 13.0. The van der Waals surface area contributed by atoms with Crippen LogP contribution < -0.4 is 9.62 Å². The van der Waals surface area contributed by atoms with Crippen molar-refractivity contribution in [2.45, 2.75) is 24.5 Å². The largest absolute Gasteiger partial charge is 0.386 e. The van der Waals surface area contributed by atoms with Gasteiger partial charge in [0.2, 0.25) is 0 Å². The first-order chi connectivity index (χ1) is 15.1. The van der Waals surface area contributed by atoms with Crippen molar-refractivity contribution >= 4 is 33.3 Å². The van der Waals surface area contributed by atoms with E-state index >= 15 is 0 Å². The SMILES string of the molecule is Cc1c(C#N)cccc1-c1nc(NS(=O)(=O)c2cccc(N3CC(C)(O)C3)n2)ccc1Cl. The summed E-state index contributed by atoms with van der Waals surface area (Å²) in [5.74, 6) is 0.540. The maximum Gasteiger partial charge on any atom is 0.280 e. The van der Waals surface area contributed by atoms with Crippen LogP contribution in [0.2, 0.25) is 5.02 Å². The Morgan fingerprint density at radius 3 is 2.56 bits per heavy atom. The van der Waals surface area contributed by atoms with Crippen molar-refractivity contribution in [3.8, 4) is 17.3 Å². The van der Waals surface area contributed by atoms with E-state index in [-0.39, 0.29) is 10.8 Å². The zero-order chi connectivity index (χ0) is 23.1. The highest BCUT2D eigenvalue weighted by Gasteiger charge is 2.37. The zero-order valence-electron chi connectivity index (χ0n) is 17.4. The van der Waals surface area contributed by atoms with Gasteiger partial charge in [-0.3, -0.25) is 4.72 Å². The van der Waals surface area contributed by atoms with E-state index in [0.717, 1.165) is 0 Å². The van der Waals surface area contributed by atoms with E-state index in [1.807, 2.05) is 0 Å². The number of hydrogen-bond acceptors (Lipinski definition) is 7. The van der Waals surface area contributed by atoms with Gasteiger partial charge in [0.25, 0.3) is 10.0 Å². The van der Waals surface area contributed by atoms with E-state index in [9.17, 15) is 18.8 Å². The number of pyridine rings is 2. The minimum atomic E-state index is -4.03. The number of sulfonamides is 1. The van der Waals surface area contributed by atoms with Gasteiger partial charge in [-0.15, -0.1) is 0 Å². The fourth-order valence-electron chi connectivity index (χ4n) is 3.56. The Bertz CT molecular complexity index is 1340. The standard InChI is InChI=1S/C22H20ClN5O3S/c1-14-15(11-24)5-3-6-16(14)21-17(23)9-10-18(25-21)27-32(30,31)20-8-4-7-19(26-20)28-12-22(2,29)13-28/h3-10,29H,12-13H2,1-2H3,(H,25,27). The number of rotatable bonds is 5. The van der Waals surface area contributed by atoms with Crippen LogP contribution in [-0.2, 0) is 10.0 Å². The molecule has 1 saturated heterocycles. The highest BCUT2D eigenvalue weighted by molar-refractivity contribution is 7.92. The summed E-state index contributed by atoms with van der Waals surface area (Å²) in [6, 6.07) is 15.0. The van der Waals surface area contributed by atoms with Gasteiger partial charge in [0.1, 0.15) is 11.6 Å². The monoisotopic (exact) mass is 469 g/mol. The lowest BCUT2D eigenvalue weighted by Gasteiger charge is -2.44. The summed E-state index contributed by atoms with van der Waals surface area (Å²) in [6.07, 6.45) is 0. The molecule has 4 rings (SSSR count). The van der Waals surface area contributed by atoms with Crippen LogP contribution in [0.4, 0.5) is 11.6 Å². The number of nitriles is 1. The zero-order valence-corrected chi connectivity index (χ0v) is 18.9. The van der Waals surface area contributed by atoms with Gasteiger partial charge in [-0.2, -0.15) is 13.7 Å². The highest BCUT2D eigenvalue weighted by atomic mass is 35.5. The van der Waals surface area contributed by atoms with Crippen molar-refractivity contribution < 1.29 is 13.5 Å². The number of nitrogens with one attached hydrogen (secondary N) is 1. The number of aromatic nitrogens is 2. The Kier molecular flexibility index (Phi) is 5.54. The van der Waals surface area contributed by atoms with Crippen molar-refractivity contribution in [2.75, 3.05) is 22.7 Å². The van der Waals surface area contributed by atoms with Gasteiger partial charge in [-0.05, 0) is 49.7 Å². The summed E-state index contributed by atoms with van der Waals surface area (Å²) in [5.41, 5.74) is 1.38. The summed E-state index contributed by atoms with van der Waals surface area (Å²) in [5, 5.41) is 19.4. The van der Waals surface area contributed by atoms with Gasteiger partial charge in [-0.1, -0.05) is 29.8 Å². The topological polar surface area (TPSA) is 119 Å². The first-order valence-corrected chi connectivity index (χ1v) is 11.6. The lowest BCUT2D eigenvalue weighted by molar-refractivity contribution is 0.0305. The number of nitrogens with zero attached hydrogens (tertiary/aromatic N) is 4. The fraction of sp³-hybridized carbons (Fsp3) is 0.227. The third kappa shape index (κ3) is 4.25. The third-order valence-corrected chi connectivity index (χ3v) is 6.73. The van der Waals surface area contributed by atoms with Crippen molar-refractivity contribution in [2.24, 2.45) is 0 Å². The second kappa shape index (κ2) is 8.06. The molecule has 2 N–H and O–H groups in total. The average molecular weight is 470 g/mol. The van der Waals surface area contributed by atoms with Crippen LogP contribution in [0.3, 0.4) is 0 Å². The van der Waals surface area contributed by atoms with E-state index in [1.54, 1.807) is 55.1 Å². The molecule has 0 spiro atoms. The quantitative estimate of drug-likeness (QED) is 0.588. The van der Waals surface area contributed by atoms with Crippen LogP contribution in [0, 0.1) is 18.3 Å². The Labute approximate surface area is 191 Å². The summed E-state index contributed by atoms with van der Waals surface area (Å²) in [4.78, 5) is 10.4. The molecule has 1 aliphatic rings. The second-order valence-corrected chi connectivity index (χ2v) is 9.95. The molecule has 1 aliphatic heterocycles. The van der Waals surface area contributed by atoms with E-state index in [4.69, 9.17) is 11.6 Å². The lowest BCUT2D eigenvalue weighted by atomic mass is 9.97. The van der Waals surface area contributed by atoms with Gasteiger partial charge in [-0.25, -0.2) is 9.97 Å². The van der Waals surface area contributed by atoms with Crippen molar-refractivity contribution in [1.29, 1.82) is 5.26 Å². The van der Waals surface area contributed by atoms with Gasteiger partial charge in [0.15, 0.2) is 5.03 Å². The van der Waals surface area contributed by atoms with Gasteiger partial charge < -0.3 is 10.0 Å². The van der Waals surface area contributed by atoms with Gasteiger partial charge >= 0.3 is 0 Å². The summed E-state index contributed by atoms with van der Waals surface area (Å²) in [7, 11) is -4.03. The number of β-amino-alcohol motifs (C(OH)–C–C–N with tert-alkyl or cyclic N) is 1. The van der Waals surface area contributed by atoms with E-state index in [0.29, 0.717) is 46.3 Å². The molecule has 1 fully saturated rings. The first-order valence-electron chi connectivity index (χ1n) is 9.73. The molecule has 2 aromatic heterocycles. The predicted octanol–water partition coefficient (Wildman–Crippen LogP) is 3.35. The molecular formula is C22H20ClN5O3S. The van der Waals surface area contributed by atoms with E-state index in [1.165, 1.54) is 12.1 Å². The maximum atomic E-state index is 13.0. The van der Waals surface area contributed by atoms with Crippen LogP contribution in [0.1, 0.15) is 18.1 Å². The summed E-state index contributed by atoms with van der Waals surface area (Å²) >= 11 is 6.33. The van der Waals surface area contributed by atoms with Crippen LogP contribution in [0.15, 0.2) is 53.6 Å². The number of hydrogen-bond donors (Lipinski definition) is 2. The first kappa shape index (κ1) is 22.0. The molecule has 0 atom stereocenters.